The molecule has 1 rings (SSSR count). The first kappa shape index (κ1) is 15.8. The van der Waals surface area contributed by atoms with Gasteiger partial charge < -0.3 is 15.3 Å². The van der Waals surface area contributed by atoms with Crippen LogP contribution in [0.1, 0.15) is 51.5 Å². The predicted molar refractivity (Wildman–Crippen MR) is 77.4 cm³/mol. The first-order valence-electron chi connectivity index (χ1n) is 7.27. The van der Waals surface area contributed by atoms with Gasteiger partial charge in [0, 0.05) is 0 Å². The maximum atomic E-state index is 10.2. The molecule has 108 valence electrons. The van der Waals surface area contributed by atoms with Crippen molar-refractivity contribution < 1.29 is 15.3 Å². The molecule has 0 aromatic heterocycles. The predicted octanol–water partition coefficient (Wildman–Crippen LogP) is 3.61. The van der Waals surface area contributed by atoms with Gasteiger partial charge in [-0.25, -0.2) is 0 Å². The smallest absolute Gasteiger partial charge is 0.157 e. The van der Waals surface area contributed by atoms with Crippen LogP contribution in [-0.4, -0.2) is 21.4 Å². The minimum Gasteiger partial charge on any atom is -0.504 e. The van der Waals surface area contributed by atoms with E-state index in [0.29, 0.717) is 12.3 Å². The minimum atomic E-state index is -0.285. The third kappa shape index (κ3) is 5.11. The van der Waals surface area contributed by atoms with Gasteiger partial charge in [-0.3, -0.25) is 0 Å². The van der Waals surface area contributed by atoms with Gasteiger partial charge in [-0.2, -0.15) is 0 Å². The summed E-state index contributed by atoms with van der Waals surface area (Å²) >= 11 is 0. The fraction of sp³-hybridized carbons (Fsp3) is 0.625. The van der Waals surface area contributed by atoms with Crippen LogP contribution in [0.25, 0.3) is 0 Å². The van der Waals surface area contributed by atoms with Gasteiger partial charge in [0.2, 0.25) is 0 Å². The zero-order chi connectivity index (χ0) is 14.3. The molecule has 0 bridgehead atoms. The topological polar surface area (TPSA) is 60.7 Å². The molecule has 1 aromatic rings. The van der Waals surface area contributed by atoms with Crippen molar-refractivity contribution in [1.29, 1.82) is 0 Å². The summed E-state index contributed by atoms with van der Waals surface area (Å²) in [7, 11) is 0. The van der Waals surface area contributed by atoms with Crippen molar-refractivity contribution >= 4 is 0 Å². The van der Waals surface area contributed by atoms with Crippen molar-refractivity contribution in [3.05, 3.63) is 23.8 Å². The molecule has 2 atom stereocenters. The van der Waals surface area contributed by atoms with Crippen LogP contribution in [0.4, 0.5) is 0 Å². The number of rotatable bonds is 8. The summed E-state index contributed by atoms with van der Waals surface area (Å²) in [6, 6.07) is 4.84. The molecule has 0 aliphatic rings. The summed E-state index contributed by atoms with van der Waals surface area (Å²) in [5, 5.41) is 28.9. The highest BCUT2D eigenvalue weighted by Crippen LogP contribution is 2.26. The molecule has 0 fully saturated rings. The number of phenolic OH excluding ortho intramolecular Hbond substituents is 2. The van der Waals surface area contributed by atoms with E-state index in [2.05, 4.69) is 13.8 Å². The number of aliphatic hydroxyl groups excluding tert-OH is 1. The monoisotopic (exact) mass is 266 g/mol. The lowest BCUT2D eigenvalue weighted by atomic mass is 9.90. The Bertz CT molecular complexity index is 376. The maximum Gasteiger partial charge on any atom is 0.157 e. The fourth-order valence-corrected chi connectivity index (χ4v) is 2.41. The molecule has 0 aliphatic heterocycles. The Morgan fingerprint density at radius 2 is 1.79 bits per heavy atom. The van der Waals surface area contributed by atoms with Gasteiger partial charge in [-0.05, 0) is 42.9 Å². The zero-order valence-electron chi connectivity index (χ0n) is 12.0. The molecule has 0 amide bonds. The van der Waals surface area contributed by atoms with Crippen LogP contribution >= 0.6 is 0 Å². The van der Waals surface area contributed by atoms with Crippen LogP contribution < -0.4 is 0 Å². The third-order valence-corrected chi connectivity index (χ3v) is 3.77. The molecule has 2 unspecified atom stereocenters. The van der Waals surface area contributed by atoms with Gasteiger partial charge in [-0.15, -0.1) is 0 Å². The van der Waals surface area contributed by atoms with E-state index in [4.69, 9.17) is 0 Å². The lowest BCUT2D eigenvalue weighted by Gasteiger charge is -2.21. The molecule has 3 nitrogen and oxygen atoms in total. The molecule has 3 N–H and O–H groups in total. The maximum absolute atomic E-state index is 10.2. The highest BCUT2D eigenvalue weighted by atomic mass is 16.3. The van der Waals surface area contributed by atoms with Gasteiger partial charge in [-0.1, -0.05) is 39.2 Å². The molecule has 19 heavy (non-hydrogen) atoms. The highest BCUT2D eigenvalue weighted by Gasteiger charge is 2.16. The van der Waals surface area contributed by atoms with Crippen molar-refractivity contribution in [2.45, 2.75) is 58.5 Å². The van der Waals surface area contributed by atoms with Crippen molar-refractivity contribution in [2.75, 3.05) is 0 Å². The fourth-order valence-electron chi connectivity index (χ4n) is 2.41. The summed E-state index contributed by atoms with van der Waals surface area (Å²) in [4.78, 5) is 0. The van der Waals surface area contributed by atoms with Gasteiger partial charge in [0.15, 0.2) is 11.5 Å². The summed E-state index contributed by atoms with van der Waals surface area (Å²) in [6.45, 7) is 4.29. The Labute approximate surface area is 115 Å². The second-order valence-electron chi connectivity index (χ2n) is 5.24. The number of hydrogen-bond donors (Lipinski definition) is 3. The number of aliphatic hydroxyl groups is 1. The van der Waals surface area contributed by atoms with Gasteiger partial charge in [0.1, 0.15) is 0 Å². The second-order valence-corrected chi connectivity index (χ2v) is 5.24. The van der Waals surface area contributed by atoms with E-state index in [9.17, 15) is 15.3 Å². The number of hydrogen-bond acceptors (Lipinski definition) is 3. The molecule has 0 saturated heterocycles. The van der Waals surface area contributed by atoms with Gasteiger partial charge >= 0.3 is 0 Å². The van der Waals surface area contributed by atoms with E-state index in [1.165, 1.54) is 6.07 Å². The molecular formula is C16H26O3. The van der Waals surface area contributed by atoms with Crippen LogP contribution in [0, 0.1) is 5.92 Å². The third-order valence-electron chi connectivity index (χ3n) is 3.77. The van der Waals surface area contributed by atoms with E-state index in [-0.39, 0.29) is 17.6 Å². The summed E-state index contributed by atoms with van der Waals surface area (Å²) in [5.74, 6) is 0.175. The molecule has 0 spiro atoms. The molecule has 0 saturated carbocycles. The second kappa shape index (κ2) is 8.05. The largest absolute Gasteiger partial charge is 0.504 e. The number of benzene rings is 1. The Balaban J connectivity index is 2.47. The van der Waals surface area contributed by atoms with Crippen LogP contribution in [0.3, 0.4) is 0 Å². The van der Waals surface area contributed by atoms with Crippen molar-refractivity contribution in [1.82, 2.24) is 0 Å². The Morgan fingerprint density at radius 1 is 1.05 bits per heavy atom. The van der Waals surface area contributed by atoms with Crippen LogP contribution in [-0.2, 0) is 6.42 Å². The van der Waals surface area contributed by atoms with E-state index < -0.39 is 0 Å². The highest BCUT2D eigenvalue weighted by molar-refractivity contribution is 5.40. The molecule has 0 heterocycles. The lowest BCUT2D eigenvalue weighted by Crippen LogP contribution is -2.20. The van der Waals surface area contributed by atoms with Gasteiger partial charge in [0.25, 0.3) is 0 Å². The first-order valence-corrected chi connectivity index (χ1v) is 7.27. The average molecular weight is 266 g/mol. The number of unbranched alkanes of at least 4 members (excludes halogenated alkanes) is 1. The lowest BCUT2D eigenvalue weighted by molar-refractivity contribution is 0.0905. The Morgan fingerprint density at radius 3 is 2.37 bits per heavy atom. The Kier molecular flexibility index (Phi) is 6.71. The zero-order valence-corrected chi connectivity index (χ0v) is 12.0. The van der Waals surface area contributed by atoms with Crippen LogP contribution in [0.2, 0.25) is 0 Å². The molecular weight excluding hydrogens is 240 g/mol. The SMILES string of the molecule is CCCCC(CC)C(O)CCc1ccc(O)c(O)c1. The quantitative estimate of drug-likeness (QED) is 0.630. The Hall–Kier alpha value is -1.22. The number of aryl methyl sites for hydroxylation is 1. The van der Waals surface area contributed by atoms with Crippen molar-refractivity contribution in [3.8, 4) is 11.5 Å². The summed E-state index contributed by atoms with van der Waals surface area (Å²) in [6.07, 6.45) is 5.54. The van der Waals surface area contributed by atoms with Crippen LogP contribution in [0.15, 0.2) is 18.2 Å². The van der Waals surface area contributed by atoms with E-state index in [1.54, 1.807) is 12.1 Å². The molecule has 3 heteroatoms. The summed E-state index contributed by atoms with van der Waals surface area (Å²) < 4.78 is 0. The van der Waals surface area contributed by atoms with Gasteiger partial charge in [0.05, 0.1) is 6.10 Å². The van der Waals surface area contributed by atoms with E-state index in [0.717, 1.165) is 37.7 Å². The van der Waals surface area contributed by atoms with Crippen LogP contribution in [0.5, 0.6) is 11.5 Å². The van der Waals surface area contributed by atoms with Crippen molar-refractivity contribution in [3.63, 3.8) is 0 Å². The molecule has 1 aromatic carbocycles. The van der Waals surface area contributed by atoms with E-state index >= 15 is 0 Å². The average Bonchev–Trinajstić information content (AvgIpc) is 2.41. The molecule has 0 aliphatic carbocycles. The van der Waals surface area contributed by atoms with Crippen molar-refractivity contribution in [2.24, 2.45) is 5.92 Å². The van der Waals surface area contributed by atoms with E-state index in [1.807, 2.05) is 0 Å². The first-order chi connectivity index (χ1) is 9.08. The minimum absolute atomic E-state index is 0.0926. The summed E-state index contributed by atoms with van der Waals surface area (Å²) in [5.41, 5.74) is 0.944. The molecule has 0 radical (unpaired) electrons. The number of phenols is 2. The normalized spacial score (nSPS) is 14.3. The standard InChI is InChI=1S/C16H26O3/c1-3-5-6-13(4-2)14(17)9-7-12-8-10-15(18)16(19)11-12/h8,10-11,13-14,17-19H,3-7,9H2,1-2H3. The number of aromatic hydroxyl groups is 2.